The number of aromatic nitrogens is 3. The number of halogens is 1. The molecule has 6 heteroatoms. The third-order valence-corrected chi connectivity index (χ3v) is 4.52. The number of rotatable bonds is 4. The Morgan fingerprint density at radius 2 is 2.28 bits per heavy atom. The molecular formula is C19H21FN4O. The van der Waals surface area contributed by atoms with Gasteiger partial charge in [-0.05, 0) is 36.2 Å². The van der Waals surface area contributed by atoms with Gasteiger partial charge < -0.3 is 4.74 Å². The summed E-state index contributed by atoms with van der Waals surface area (Å²) in [6.07, 6.45) is 5.71. The fourth-order valence-electron chi connectivity index (χ4n) is 3.40. The first-order valence-electron chi connectivity index (χ1n) is 8.53. The topological polar surface area (TPSA) is 43.2 Å². The molecule has 1 atom stereocenters. The third-order valence-electron chi connectivity index (χ3n) is 4.52. The summed E-state index contributed by atoms with van der Waals surface area (Å²) in [5.74, 6) is -0.215. The number of morpholine rings is 1. The number of aryl methyl sites for hydroxylation is 1. The van der Waals surface area contributed by atoms with Gasteiger partial charge in [0, 0.05) is 37.4 Å². The molecule has 130 valence electrons. The van der Waals surface area contributed by atoms with Crippen LogP contribution in [0, 0.1) is 12.7 Å². The van der Waals surface area contributed by atoms with Crippen LogP contribution in [0.1, 0.15) is 11.1 Å². The lowest BCUT2D eigenvalue weighted by atomic mass is 10.1. The Balaban J connectivity index is 1.49. The van der Waals surface area contributed by atoms with Gasteiger partial charge in [0.1, 0.15) is 5.82 Å². The molecule has 1 aliphatic heterocycles. The minimum atomic E-state index is -0.215. The molecule has 0 aliphatic carbocycles. The van der Waals surface area contributed by atoms with Gasteiger partial charge in [-0.3, -0.25) is 14.6 Å². The zero-order valence-electron chi connectivity index (χ0n) is 14.2. The molecule has 3 heterocycles. The molecule has 0 radical (unpaired) electrons. The van der Waals surface area contributed by atoms with Gasteiger partial charge in [0.05, 0.1) is 31.0 Å². The average molecular weight is 340 g/mol. The van der Waals surface area contributed by atoms with Crippen molar-refractivity contribution in [2.45, 2.75) is 26.1 Å². The smallest absolute Gasteiger partial charge is 0.124 e. The second kappa shape index (κ2) is 6.90. The quantitative estimate of drug-likeness (QED) is 0.732. The van der Waals surface area contributed by atoms with E-state index in [1.807, 2.05) is 36.1 Å². The lowest BCUT2D eigenvalue weighted by molar-refractivity contribution is -0.0401. The van der Waals surface area contributed by atoms with Crippen molar-refractivity contribution in [1.82, 2.24) is 19.7 Å². The van der Waals surface area contributed by atoms with E-state index in [-0.39, 0.29) is 11.9 Å². The van der Waals surface area contributed by atoms with E-state index < -0.39 is 0 Å². The summed E-state index contributed by atoms with van der Waals surface area (Å²) in [6, 6.07) is 6.87. The second-order valence-corrected chi connectivity index (χ2v) is 6.61. The maximum atomic E-state index is 13.9. The van der Waals surface area contributed by atoms with E-state index in [0.29, 0.717) is 13.2 Å². The van der Waals surface area contributed by atoms with Crippen molar-refractivity contribution >= 4 is 10.9 Å². The van der Waals surface area contributed by atoms with Crippen LogP contribution in [0.15, 0.2) is 42.9 Å². The van der Waals surface area contributed by atoms with Gasteiger partial charge in [-0.15, -0.1) is 0 Å². The highest BCUT2D eigenvalue weighted by Gasteiger charge is 2.22. The summed E-state index contributed by atoms with van der Waals surface area (Å²) in [4.78, 5) is 6.74. The fraction of sp³-hybridized carbons (Fsp3) is 0.368. The minimum Gasteiger partial charge on any atom is -0.374 e. The Morgan fingerprint density at radius 3 is 3.12 bits per heavy atom. The van der Waals surface area contributed by atoms with Crippen LogP contribution in [0.25, 0.3) is 10.9 Å². The first-order chi connectivity index (χ1) is 12.2. The van der Waals surface area contributed by atoms with Crippen LogP contribution in [-0.4, -0.2) is 45.5 Å². The number of hydrogen-bond donors (Lipinski definition) is 0. The van der Waals surface area contributed by atoms with Gasteiger partial charge in [0.15, 0.2) is 0 Å². The molecule has 0 spiro atoms. The van der Waals surface area contributed by atoms with E-state index in [0.717, 1.165) is 41.7 Å². The van der Waals surface area contributed by atoms with E-state index >= 15 is 0 Å². The largest absolute Gasteiger partial charge is 0.374 e. The first-order valence-corrected chi connectivity index (χ1v) is 8.53. The van der Waals surface area contributed by atoms with E-state index in [1.54, 1.807) is 12.3 Å². The molecule has 0 saturated carbocycles. The van der Waals surface area contributed by atoms with Crippen molar-refractivity contribution in [2.75, 3.05) is 19.7 Å². The van der Waals surface area contributed by atoms with Gasteiger partial charge in [0.2, 0.25) is 0 Å². The number of benzene rings is 1. The molecule has 2 aromatic heterocycles. The number of ether oxygens (including phenoxy) is 1. The van der Waals surface area contributed by atoms with Crippen molar-refractivity contribution in [3.8, 4) is 0 Å². The van der Waals surface area contributed by atoms with E-state index in [1.165, 1.54) is 6.07 Å². The van der Waals surface area contributed by atoms with Crippen LogP contribution in [0.2, 0.25) is 0 Å². The highest BCUT2D eigenvalue weighted by Crippen LogP contribution is 2.21. The van der Waals surface area contributed by atoms with Crippen molar-refractivity contribution in [2.24, 2.45) is 0 Å². The first kappa shape index (κ1) is 16.2. The molecule has 5 nitrogen and oxygen atoms in total. The summed E-state index contributed by atoms with van der Waals surface area (Å²) in [5.41, 5.74) is 2.94. The number of hydrogen-bond acceptors (Lipinski definition) is 4. The number of pyridine rings is 1. The van der Waals surface area contributed by atoms with Gasteiger partial charge in [-0.1, -0.05) is 6.07 Å². The summed E-state index contributed by atoms with van der Waals surface area (Å²) in [5, 5.41) is 5.17. The normalized spacial score (nSPS) is 18.7. The van der Waals surface area contributed by atoms with Crippen molar-refractivity contribution in [3.63, 3.8) is 0 Å². The van der Waals surface area contributed by atoms with Crippen LogP contribution >= 0.6 is 0 Å². The number of nitrogens with zero attached hydrogens (tertiary/aromatic N) is 4. The molecule has 1 unspecified atom stereocenters. The van der Waals surface area contributed by atoms with Gasteiger partial charge in [0.25, 0.3) is 0 Å². The number of fused-ring (bicyclic) bond motifs is 1. The van der Waals surface area contributed by atoms with Crippen LogP contribution in [0.4, 0.5) is 4.39 Å². The monoisotopic (exact) mass is 340 g/mol. The predicted molar refractivity (Wildman–Crippen MR) is 93.7 cm³/mol. The standard InChI is InChI=1S/C19H21FN4O/c1-14-9-22-24(10-14)13-18-12-23(5-6-25-18)11-16-8-17(20)7-15-3-2-4-21-19(15)16/h2-4,7-10,18H,5-6,11-13H2,1H3. The maximum Gasteiger partial charge on any atom is 0.124 e. The predicted octanol–water partition coefficient (Wildman–Crippen LogP) is 2.78. The van der Waals surface area contributed by atoms with Crippen molar-refractivity contribution in [3.05, 3.63) is 59.8 Å². The highest BCUT2D eigenvalue weighted by atomic mass is 19.1. The van der Waals surface area contributed by atoms with E-state index in [9.17, 15) is 4.39 Å². The van der Waals surface area contributed by atoms with Crippen molar-refractivity contribution < 1.29 is 9.13 Å². The SMILES string of the molecule is Cc1cnn(CC2CN(Cc3cc(F)cc4cccnc34)CCO2)c1. The highest BCUT2D eigenvalue weighted by molar-refractivity contribution is 5.81. The summed E-state index contributed by atoms with van der Waals surface area (Å²) in [7, 11) is 0. The lowest BCUT2D eigenvalue weighted by Gasteiger charge is -2.33. The maximum absolute atomic E-state index is 13.9. The molecule has 0 amide bonds. The van der Waals surface area contributed by atoms with Crippen LogP contribution in [0.5, 0.6) is 0 Å². The Hall–Kier alpha value is -2.31. The Bertz CT molecular complexity index is 879. The molecule has 4 rings (SSSR count). The average Bonchev–Trinajstić information content (AvgIpc) is 3.00. The summed E-state index contributed by atoms with van der Waals surface area (Å²) >= 11 is 0. The fourth-order valence-corrected chi connectivity index (χ4v) is 3.40. The zero-order chi connectivity index (χ0) is 17.2. The van der Waals surface area contributed by atoms with Crippen molar-refractivity contribution in [1.29, 1.82) is 0 Å². The Labute approximate surface area is 146 Å². The van der Waals surface area contributed by atoms with Crippen LogP contribution in [-0.2, 0) is 17.8 Å². The Kier molecular flexibility index (Phi) is 4.46. The van der Waals surface area contributed by atoms with Crippen LogP contribution in [0.3, 0.4) is 0 Å². The summed E-state index contributed by atoms with van der Waals surface area (Å²) < 4.78 is 21.7. The second-order valence-electron chi connectivity index (χ2n) is 6.61. The molecule has 1 saturated heterocycles. The lowest BCUT2D eigenvalue weighted by Crippen LogP contribution is -2.43. The molecular weight excluding hydrogens is 319 g/mol. The third kappa shape index (κ3) is 3.70. The zero-order valence-corrected chi connectivity index (χ0v) is 14.2. The van der Waals surface area contributed by atoms with E-state index in [4.69, 9.17) is 4.74 Å². The molecule has 25 heavy (non-hydrogen) atoms. The molecule has 1 aromatic carbocycles. The van der Waals surface area contributed by atoms with Crippen LogP contribution < -0.4 is 0 Å². The molecule has 0 bridgehead atoms. The summed E-state index contributed by atoms with van der Waals surface area (Å²) in [6.45, 7) is 5.73. The minimum absolute atomic E-state index is 0.0841. The molecule has 1 aliphatic rings. The molecule has 0 N–H and O–H groups in total. The molecule has 1 fully saturated rings. The Morgan fingerprint density at radius 1 is 1.36 bits per heavy atom. The van der Waals surface area contributed by atoms with Gasteiger partial charge in [-0.25, -0.2) is 4.39 Å². The van der Waals surface area contributed by atoms with E-state index in [2.05, 4.69) is 15.0 Å². The molecule has 3 aromatic rings. The van der Waals surface area contributed by atoms with Gasteiger partial charge >= 0.3 is 0 Å². The van der Waals surface area contributed by atoms with Gasteiger partial charge in [-0.2, -0.15) is 5.10 Å².